The molecule has 0 radical (unpaired) electrons. The molecule has 1 aromatic carbocycles. The van der Waals surface area contributed by atoms with Crippen molar-refractivity contribution in [3.05, 3.63) is 68.4 Å². The minimum absolute atomic E-state index is 0.118. The predicted molar refractivity (Wildman–Crippen MR) is 89.2 cm³/mol. The van der Waals surface area contributed by atoms with Gasteiger partial charge in [-0.2, -0.15) is 0 Å². The Labute approximate surface area is 131 Å². The van der Waals surface area contributed by atoms with Crippen LogP contribution in [0.3, 0.4) is 0 Å². The van der Waals surface area contributed by atoms with Crippen molar-refractivity contribution in [3.63, 3.8) is 0 Å². The van der Waals surface area contributed by atoms with Crippen LogP contribution in [-0.2, 0) is 0 Å². The number of nitrogens with zero attached hydrogens (tertiary/aromatic N) is 2. The van der Waals surface area contributed by atoms with Crippen LogP contribution in [0.5, 0.6) is 5.88 Å². The summed E-state index contributed by atoms with van der Waals surface area (Å²) < 4.78 is 1.56. The highest BCUT2D eigenvalue weighted by molar-refractivity contribution is 7.71. The van der Waals surface area contributed by atoms with Crippen molar-refractivity contribution in [3.8, 4) is 11.6 Å². The highest BCUT2D eigenvalue weighted by atomic mass is 32.1. The van der Waals surface area contributed by atoms with E-state index in [1.54, 1.807) is 18.4 Å². The minimum atomic E-state index is -0.450. The zero-order valence-corrected chi connectivity index (χ0v) is 12.6. The summed E-state index contributed by atoms with van der Waals surface area (Å²) in [5.41, 5.74) is 2.02. The van der Waals surface area contributed by atoms with Crippen molar-refractivity contribution in [2.24, 2.45) is 4.99 Å². The lowest BCUT2D eigenvalue weighted by atomic mass is 10.2. The zero-order valence-electron chi connectivity index (χ0n) is 11.8. The second-order valence-corrected chi connectivity index (χ2v) is 5.26. The largest absolute Gasteiger partial charge is 0.494 e. The number of H-pyrrole nitrogens is 1. The third kappa shape index (κ3) is 2.56. The summed E-state index contributed by atoms with van der Waals surface area (Å²) in [5.74, 6) is -0.208. The number of benzene rings is 1. The first-order chi connectivity index (χ1) is 10.6. The van der Waals surface area contributed by atoms with Gasteiger partial charge >= 0.3 is 0 Å². The molecule has 1 aliphatic rings. The van der Waals surface area contributed by atoms with E-state index < -0.39 is 5.56 Å². The van der Waals surface area contributed by atoms with Gasteiger partial charge < -0.3 is 5.11 Å². The average Bonchev–Trinajstić information content (AvgIpc) is 2.98. The summed E-state index contributed by atoms with van der Waals surface area (Å²) in [6, 6.07) is 7.47. The smallest absolute Gasteiger partial charge is 0.262 e. The molecule has 0 unspecified atom stereocenters. The lowest BCUT2D eigenvalue weighted by Gasteiger charge is -2.11. The normalized spacial score (nSPS) is 14.9. The van der Waals surface area contributed by atoms with Crippen molar-refractivity contribution in [1.82, 2.24) is 9.55 Å². The Hall–Kier alpha value is -2.73. The molecule has 5 nitrogen and oxygen atoms in total. The molecule has 0 saturated heterocycles. The number of hydrogen-bond donors (Lipinski definition) is 2. The Bertz CT molecular complexity index is 917. The van der Waals surface area contributed by atoms with Gasteiger partial charge in [0.25, 0.3) is 5.56 Å². The van der Waals surface area contributed by atoms with Gasteiger partial charge in [0, 0.05) is 6.21 Å². The molecule has 3 rings (SSSR count). The van der Waals surface area contributed by atoms with Gasteiger partial charge in [-0.15, -0.1) is 0 Å². The number of aromatic nitrogens is 2. The van der Waals surface area contributed by atoms with Gasteiger partial charge in [0.1, 0.15) is 5.56 Å². The van der Waals surface area contributed by atoms with Crippen molar-refractivity contribution in [1.29, 1.82) is 0 Å². The van der Waals surface area contributed by atoms with E-state index in [0.717, 1.165) is 5.56 Å². The third-order valence-electron chi connectivity index (χ3n) is 3.28. The fourth-order valence-corrected chi connectivity index (χ4v) is 2.43. The molecule has 0 fully saturated rings. The zero-order chi connectivity index (χ0) is 15.7. The van der Waals surface area contributed by atoms with Crippen LogP contribution < -0.4 is 5.56 Å². The van der Waals surface area contributed by atoms with Crippen LogP contribution in [0.2, 0.25) is 0 Å². The van der Waals surface area contributed by atoms with Crippen molar-refractivity contribution in [2.45, 2.75) is 6.92 Å². The van der Waals surface area contributed by atoms with Gasteiger partial charge in [0.2, 0.25) is 5.88 Å². The average molecular weight is 311 g/mol. The van der Waals surface area contributed by atoms with Crippen LogP contribution in [0.25, 0.3) is 11.8 Å². The second-order valence-electron chi connectivity index (χ2n) is 4.87. The van der Waals surface area contributed by atoms with Crippen molar-refractivity contribution < 1.29 is 5.11 Å². The molecule has 0 spiro atoms. The number of hydrogen-bond acceptors (Lipinski definition) is 4. The SMILES string of the molecule is Cc1ccc(-n2c(O)c(/C=C3/C=CC=N3)c(=O)[nH]c2=S)cc1. The summed E-state index contributed by atoms with van der Waals surface area (Å²) >= 11 is 5.17. The molecule has 0 amide bonds. The number of nitrogens with one attached hydrogen (secondary N) is 1. The lowest BCUT2D eigenvalue weighted by molar-refractivity contribution is 0.432. The van der Waals surface area contributed by atoms with Crippen LogP contribution in [-0.4, -0.2) is 20.9 Å². The molecule has 0 aliphatic carbocycles. The second kappa shape index (κ2) is 5.57. The fraction of sp³-hybridized carbons (Fsp3) is 0.0625. The molecular formula is C16H13N3O2S. The maximum Gasteiger partial charge on any atom is 0.262 e. The summed E-state index contributed by atoms with van der Waals surface area (Å²) in [4.78, 5) is 18.7. The number of aromatic amines is 1. The first-order valence-corrected chi connectivity index (χ1v) is 7.05. The predicted octanol–water partition coefficient (Wildman–Crippen LogP) is 2.89. The summed E-state index contributed by atoms with van der Waals surface area (Å²) in [5, 5.41) is 10.5. The van der Waals surface area contributed by atoms with Crippen LogP contribution in [0, 0.1) is 11.7 Å². The number of allylic oxidation sites excluding steroid dienone is 2. The number of aryl methyl sites for hydroxylation is 1. The van der Waals surface area contributed by atoms with Crippen LogP contribution in [0.15, 0.2) is 51.9 Å². The van der Waals surface area contributed by atoms with E-state index in [0.29, 0.717) is 11.4 Å². The van der Waals surface area contributed by atoms with E-state index in [-0.39, 0.29) is 16.2 Å². The lowest BCUT2D eigenvalue weighted by Crippen LogP contribution is -2.16. The van der Waals surface area contributed by atoms with Gasteiger partial charge in [-0.05, 0) is 49.5 Å². The molecular weight excluding hydrogens is 298 g/mol. The Balaban J connectivity index is 2.24. The number of aromatic hydroxyl groups is 1. The van der Waals surface area contributed by atoms with E-state index in [4.69, 9.17) is 12.2 Å². The molecule has 0 bridgehead atoms. The van der Waals surface area contributed by atoms with Crippen LogP contribution in [0.1, 0.15) is 11.1 Å². The molecule has 1 aliphatic heterocycles. The Morgan fingerprint density at radius 1 is 1.32 bits per heavy atom. The van der Waals surface area contributed by atoms with Gasteiger partial charge in [-0.1, -0.05) is 17.7 Å². The quantitative estimate of drug-likeness (QED) is 0.838. The third-order valence-corrected chi connectivity index (χ3v) is 3.57. The molecule has 1 aromatic heterocycles. The molecule has 2 heterocycles. The van der Waals surface area contributed by atoms with E-state index in [1.807, 2.05) is 31.2 Å². The van der Waals surface area contributed by atoms with Crippen LogP contribution in [0.4, 0.5) is 0 Å². The molecule has 0 atom stereocenters. The fourth-order valence-electron chi connectivity index (χ4n) is 2.15. The first-order valence-electron chi connectivity index (χ1n) is 6.64. The Kier molecular flexibility index (Phi) is 3.60. The molecule has 2 aromatic rings. The van der Waals surface area contributed by atoms with Gasteiger partial charge in [-0.3, -0.25) is 19.3 Å². The topological polar surface area (TPSA) is 70.4 Å². The summed E-state index contributed by atoms with van der Waals surface area (Å²) in [6.07, 6.45) is 6.64. The summed E-state index contributed by atoms with van der Waals surface area (Å²) in [7, 11) is 0. The standard InChI is InChI=1S/C16H13N3O2S/c1-10-4-6-12(7-5-10)19-15(21)13(14(20)18-16(19)22)9-11-3-2-8-17-11/h2-9,21H,1H3,(H,18,20,22)/b11-9-. The Morgan fingerprint density at radius 2 is 2.05 bits per heavy atom. The molecule has 22 heavy (non-hydrogen) atoms. The maximum absolute atomic E-state index is 12.1. The molecule has 6 heteroatoms. The molecule has 2 N–H and O–H groups in total. The van der Waals surface area contributed by atoms with Crippen molar-refractivity contribution in [2.75, 3.05) is 0 Å². The van der Waals surface area contributed by atoms with E-state index in [2.05, 4.69) is 9.98 Å². The number of rotatable bonds is 2. The van der Waals surface area contributed by atoms with Gasteiger partial charge in [-0.25, -0.2) is 0 Å². The van der Waals surface area contributed by atoms with Crippen LogP contribution >= 0.6 is 12.2 Å². The van der Waals surface area contributed by atoms with E-state index >= 15 is 0 Å². The van der Waals surface area contributed by atoms with E-state index in [9.17, 15) is 9.90 Å². The monoisotopic (exact) mass is 311 g/mol. The molecule has 0 saturated carbocycles. The summed E-state index contributed by atoms with van der Waals surface area (Å²) in [6.45, 7) is 1.97. The molecule has 110 valence electrons. The highest BCUT2D eigenvalue weighted by Crippen LogP contribution is 2.22. The van der Waals surface area contributed by atoms with Gasteiger partial charge in [0.05, 0.1) is 11.4 Å². The highest BCUT2D eigenvalue weighted by Gasteiger charge is 2.13. The first kappa shape index (κ1) is 14.2. The van der Waals surface area contributed by atoms with Crippen molar-refractivity contribution >= 4 is 24.5 Å². The number of aliphatic imine (C=N–C) groups is 1. The Morgan fingerprint density at radius 3 is 2.68 bits per heavy atom. The van der Waals surface area contributed by atoms with Gasteiger partial charge in [0.15, 0.2) is 4.77 Å². The van der Waals surface area contributed by atoms with E-state index in [1.165, 1.54) is 10.6 Å². The minimum Gasteiger partial charge on any atom is -0.494 e. The maximum atomic E-state index is 12.1.